The lowest BCUT2D eigenvalue weighted by atomic mass is 9.93. The third kappa shape index (κ3) is 2.24. The first-order valence-corrected chi connectivity index (χ1v) is 8.18. The van der Waals surface area contributed by atoms with E-state index in [1.54, 1.807) is 0 Å². The van der Waals surface area contributed by atoms with E-state index in [2.05, 4.69) is 46.3 Å². The van der Waals surface area contributed by atoms with Gasteiger partial charge in [-0.3, -0.25) is 0 Å². The van der Waals surface area contributed by atoms with Crippen LogP contribution in [0.15, 0.2) is 52.5 Å². The third-order valence-electron chi connectivity index (χ3n) is 4.33. The van der Waals surface area contributed by atoms with Gasteiger partial charge in [-0.15, -0.1) is 0 Å². The molecule has 2 aromatic carbocycles. The predicted molar refractivity (Wildman–Crippen MR) is 89.3 cm³/mol. The Hall–Kier alpha value is -2.05. The van der Waals surface area contributed by atoms with E-state index in [1.807, 2.05) is 18.2 Å². The molecule has 0 radical (unpaired) electrons. The van der Waals surface area contributed by atoms with E-state index in [9.17, 15) is 0 Å². The van der Waals surface area contributed by atoms with Crippen molar-refractivity contribution in [3.8, 4) is 11.8 Å². The monoisotopic (exact) mass is 351 g/mol. The third-order valence-corrected chi connectivity index (χ3v) is 4.83. The molecule has 108 valence electrons. The lowest BCUT2D eigenvalue weighted by Crippen LogP contribution is -1.95. The summed E-state index contributed by atoms with van der Waals surface area (Å²) in [4.78, 5) is 0. The molecule has 0 bridgehead atoms. The molecule has 2 aromatic rings. The van der Waals surface area contributed by atoms with Crippen LogP contribution in [0.1, 0.15) is 29.5 Å². The highest BCUT2D eigenvalue weighted by Gasteiger charge is 2.35. The Kier molecular flexibility index (Phi) is 3.28. The normalized spacial score (nSPS) is 21.9. The van der Waals surface area contributed by atoms with E-state index >= 15 is 0 Å². The van der Waals surface area contributed by atoms with E-state index in [4.69, 9.17) is 10.00 Å². The summed E-state index contributed by atoms with van der Waals surface area (Å²) < 4.78 is 7.08. The van der Waals surface area contributed by atoms with Gasteiger partial charge in [0.15, 0.2) is 0 Å². The zero-order chi connectivity index (χ0) is 15.1. The standard InChI is InChI=1S/C19H14BrNO/c20-14-5-6-15-13(9-14)11-22-18-4-2-1-3-16(18)19(15)17-10-12(17)7-8-21/h1-6,9,12H,7,10-11H2/b19-17+. The van der Waals surface area contributed by atoms with Gasteiger partial charge in [-0.1, -0.05) is 45.8 Å². The Morgan fingerprint density at radius 2 is 2.05 bits per heavy atom. The predicted octanol–water partition coefficient (Wildman–Crippen LogP) is 5.08. The number of benzene rings is 2. The molecular weight excluding hydrogens is 338 g/mol. The van der Waals surface area contributed by atoms with Gasteiger partial charge in [-0.25, -0.2) is 0 Å². The zero-order valence-electron chi connectivity index (χ0n) is 12.0. The smallest absolute Gasteiger partial charge is 0.127 e. The van der Waals surface area contributed by atoms with Gasteiger partial charge in [0.05, 0.1) is 6.07 Å². The molecule has 1 aliphatic carbocycles. The summed E-state index contributed by atoms with van der Waals surface area (Å²) >= 11 is 3.55. The SMILES string of the molecule is N#CCC1C/C1=C1/c2ccc(Br)cc2COc2ccccc21. The molecule has 1 aliphatic heterocycles. The maximum absolute atomic E-state index is 8.97. The van der Waals surface area contributed by atoms with Gasteiger partial charge in [0.2, 0.25) is 0 Å². The van der Waals surface area contributed by atoms with Gasteiger partial charge >= 0.3 is 0 Å². The van der Waals surface area contributed by atoms with Crippen LogP contribution in [-0.2, 0) is 6.61 Å². The molecule has 0 spiro atoms. The number of rotatable bonds is 1. The number of allylic oxidation sites excluding steroid dienone is 1. The van der Waals surface area contributed by atoms with Crippen LogP contribution in [0.3, 0.4) is 0 Å². The summed E-state index contributed by atoms with van der Waals surface area (Å²) in [6, 6.07) is 16.9. The summed E-state index contributed by atoms with van der Waals surface area (Å²) in [6.45, 7) is 0.575. The number of hydrogen-bond acceptors (Lipinski definition) is 2. The first kappa shape index (κ1) is 13.6. The second-order valence-corrected chi connectivity index (χ2v) is 6.67. The van der Waals surface area contributed by atoms with Crippen LogP contribution in [-0.4, -0.2) is 0 Å². The molecule has 0 N–H and O–H groups in total. The van der Waals surface area contributed by atoms with Crippen LogP contribution in [0.5, 0.6) is 5.75 Å². The van der Waals surface area contributed by atoms with Crippen LogP contribution in [0.4, 0.5) is 0 Å². The lowest BCUT2D eigenvalue weighted by molar-refractivity contribution is 0.307. The van der Waals surface area contributed by atoms with Gasteiger partial charge in [-0.05, 0) is 47.2 Å². The summed E-state index contributed by atoms with van der Waals surface area (Å²) in [5.41, 5.74) is 6.25. The van der Waals surface area contributed by atoms with Crippen LogP contribution >= 0.6 is 15.9 Å². The number of hydrogen-bond donors (Lipinski definition) is 0. The van der Waals surface area contributed by atoms with E-state index < -0.39 is 0 Å². The van der Waals surface area contributed by atoms with Gasteiger partial charge in [0, 0.05) is 16.5 Å². The average Bonchev–Trinajstić information content (AvgIpc) is 3.29. The van der Waals surface area contributed by atoms with Crippen molar-refractivity contribution < 1.29 is 4.74 Å². The molecule has 2 aliphatic rings. The molecule has 3 heteroatoms. The number of nitrogens with zero attached hydrogens (tertiary/aromatic N) is 1. The van der Waals surface area contributed by atoms with Crippen molar-refractivity contribution in [1.29, 1.82) is 5.26 Å². The topological polar surface area (TPSA) is 33.0 Å². The van der Waals surface area contributed by atoms with Gasteiger partial charge in [0.25, 0.3) is 0 Å². The molecular formula is C19H14BrNO. The molecule has 4 rings (SSSR count). The van der Waals surface area contributed by atoms with Crippen molar-refractivity contribution in [3.05, 3.63) is 69.2 Å². The molecule has 0 saturated heterocycles. The van der Waals surface area contributed by atoms with Gasteiger partial charge in [-0.2, -0.15) is 5.26 Å². The first-order valence-electron chi connectivity index (χ1n) is 7.39. The fraction of sp³-hybridized carbons (Fsp3) is 0.211. The Morgan fingerprint density at radius 3 is 2.91 bits per heavy atom. The van der Waals surface area contributed by atoms with Gasteiger partial charge in [0.1, 0.15) is 12.4 Å². The summed E-state index contributed by atoms with van der Waals surface area (Å²) in [6.07, 6.45) is 1.63. The molecule has 0 aromatic heterocycles. The van der Waals surface area contributed by atoms with Crippen LogP contribution in [0.2, 0.25) is 0 Å². The van der Waals surface area contributed by atoms with E-state index in [-0.39, 0.29) is 0 Å². The van der Waals surface area contributed by atoms with Crippen LogP contribution in [0.25, 0.3) is 5.57 Å². The Morgan fingerprint density at radius 1 is 1.18 bits per heavy atom. The van der Waals surface area contributed by atoms with Gasteiger partial charge < -0.3 is 4.74 Å². The molecule has 1 heterocycles. The highest BCUT2D eigenvalue weighted by Crippen LogP contribution is 2.50. The Bertz CT molecular complexity index is 832. The van der Waals surface area contributed by atoms with E-state index in [0.29, 0.717) is 18.9 Å². The largest absolute Gasteiger partial charge is 0.488 e. The highest BCUT2D eigenvalue weighted by molar-refractivity contribution is 9.10. The fourth-order valence-corrected chi connectivity index (χ4v) is 3.60. The van der Waals surface area contributed by atoms with Crippen molar-refractivity contribution in [2.45, 2.75) is 19.4 Å². The Labute approximate surface area is 138 Å². The number of para-hydroxylation sites is 1. The molecule has 1 saturated carbocycles. The quantitative estimate of drug-likeness (QED) is 0.717. The highest BCUT2D eigenvalue weighted by atomic mass is 79.9. The minimum absolute atomic E-state index is 0.405. The molecule has 2 nitrogen and oxygen atoms in total. The van der Waals surface area contributed by atoms with Crippen molar-refractivity contribution in [1.82, 2.24) is 0 Å². The van der Waals surface area contributed by atoms with Crippen molar-refractivity contribution in [3.63, 3.8) is 0 Å². The molecule has 1 atom stereocenters. The maximum atomic E-state index is 8.97. The van der Waals surface area contributed by atoms with Crippen molar-refractivity contribution >= 4 is 21.5 Å². The summed E-state index contributed by atoms with van der Waals surface area (Å²) in [5, 5.41) is 8.97. The van der Waals surface area contributed by atoms with E-state index in [0.717, 1.165) is 22.2 Å². The zero-order valence-corrected chi connectivity index (χ0v) is 13.6. The molecule has 22 heavy (non-hydrogen) atoms. The molecule has 1 unspecified atom stereocenters. The summed E-state index contributed by atoms with van der Waals surface area (Å²) in [5.74, 6) is 1.34. The Balaban J connectivity index is 1.95. The first-order chi connectivity index (χ1) is 10.8. The van der Waals surface area contributed by atoms with Crippen molar-refractivity contribution in [2.24, 2.45) is 5.92 Å². The summed E-state index contributed by atoms with van der Waals surface area (Å²) in [7, 11) is 0. The van der Waals surface area contributed by atoms with Crippen molar-refractivity contribution in [2.75, 3.05) is 0 Å². The number of fused-ring (bicyclic) bond motifs is 2. The van der Waals surface area contributed by atoms with Crippen LogP contribution in [0, 0.1) is 17.2 Å². The number of ether oxygens (including phenoxy) is 1. The second-order valence-electron chi connectivity index (χ2n) is 5.75. The number of nitriles is 1. The maximum Gasteiger partial charge on any atom is 0.127 e. The lowest BCUT2D eigenvalue weighted by Gasteiger charge is -2.10. The minimum atomic E-state index is 0.405. The fourth-order valence-electron chi connectivity index (χ4n) is 3.19. The minimum Gasteiger partial charge on any atom is -0.488 e. The number of halogens is 1. The molecule has 0 amide bonds. The average molecular weight is 352 g/mol. The second kappa shape index (κ2) is 5.30. The van der Waals surface area contributed by atoms with E-state index in [1.165, 1.54) is 22.3 Å². The molecule has 1 fully saturated rings. The van der Waals surface area contributed by atoms with Crippen LogP contribution < -0.4 is 4.74 Å².